The van der Waals surface area contributed by atoms with Gasteiger partial charge in [-0.05, 0) is 42.3 Å². The van der Waals surface area contributed by atoms with Crippen LogP contribution in [-0.2, 0) is 6.54 Å². The summed E-state index contributed by atoms with van der Waals surface area (Å²) in [4.78, 5) is 14.2. The van der Waals surface area contributed by atoms with E-state index in [1.807, 2.05) is 12.1 Å². The molecular weight excluding hydrogens is 357 g/mol. The zero-order valence-electron chi connectivity index (χ0n) is 14.5. The first-order chi connectivity index (χ1) is 12.5. The maximum atomic E-state index is 12.9. The lowest BCUT2D eigenvalue weighted by molar-refractivity contribution is 0.237. The van der Waals surface area contributed by atoms with Crippen LogP contribution in [0.1, 0.15) is 12.0 Å². The molecule has 7 heteroatoms. The first kappa shape index (κ1) is 18.3. The molecule has 1 atom stereocenters. The molecule has 1 heterocycles. The number of rotatable bonds is 5. The fraction of sp³-hybridized carbons (Fsp3) is 0.316. The molecule has 138 valence electrons. The first-order valence-electron chi connectivity index (χ1n) is 8.42. The van der Waals surface area contributed by atoms with E-state index in [0.29, 0.717) is 18.1 Å². The Balaban J connectivity index is 1.52. The largest absolute Gasteiger partial charge is 0.495 e. The van der Waals surface area contributed by atoms with Crippen molar-refractivity contribution in [2.45, 2.75) is 19.0 Å². The predicted molar refractivity (Wildman–Crippen MR) is 100 cm³/mol. The second kappa shape index (κ2) is 8.27. The Morgan fingerprint density at radius 1 is 1.31 bits per heavy atom. The summed E-state index contributed by atoms with van der Waals surface area (Å²) >= 11 is 6.10. The molecule has 0 bridgehead atoms. The van der Waals surface area contributed by atoms with Gasteiger partial charge in [-0.15, -0.1) is 0 Å². The number of hydrogen-bond acceptors (Lipinski definition) is 3. The van der Waals surface area contributed by atoms with Crippen molar-refractivity contribution in [2.75, 3.05) is 25.1 Å². The van der Waals surface area contributed by atoms with Crippen LogP contribution in [0.2, 0.25) is 5.02 Å². The van der Waals surface area contributed by atoms with Crippen LogP contribution in [0.4, 0.5) is 14.9 Å². The molecule has 1 unspecified atom stereocenters. The van der Waals surface area contributed by atoms with Crippen molar-refractivity contribution in [1.29, 1.82) is 0 Å². The molecule has 2 N–H and O–H groups in total. The molecule has 2 aromatic rings. The molecule has 5 nitrogen and oxygen atoms in total. The molecule has 0 aliphatic carbocycles. The topological polar surface area (TPSA) is 53.6 Å². The molecule has 3 rings (SSSR count). The Kier molecular flexibility index (Phi) is 5.83. The second-order valence-electron chi connectivity index (χ2n) is 6.20. The summed E-state index contributed by atoms with van der Waals surface area (Å²) in [5.74, 6) is 0.469. The van der Waals surface area contributed by atoms with Crippen molar-refractivity contribution in [3.63, 3.8) is 0 Å². The smallest absolute Gasteiger partial charge is 0.315 e. The third-order valence-corrected chi connectivity index (χ3v) is 4.61. The van der Waals surface area contributed by atoms with E-state index in [-0.39, 0.29) is 17.9 Å². The van der Waals surface area contributed by atoms with Gasteiger partial charge in [0.15, 0.2) is 0 Å². The van der Waals surface area contributed by atoms with Gasteiger partial charge in [0.25, 0.3) is 0 Å². The van der Waals surface area contributed by atoms with Crippen molar-refractivity contribution in [3.05, 3.63) is 58.9 Å². The number of nitrogens with one attached hydrogen (secondary N) is 2. The number of carbonyl (C=O) groups is 1. The van der Waals surface area contributed by atoms with Crippen molar-refractivity contribution in [3.8, 4) is 5.75 Å². The van der Waals surface area contributed by atoms with Gasteiger partial charge in [-0.25, -0.2) is 9.18 Å². The Morgan fingerprint density at radius 3 is 2.81 bits per heavy atom. The SMILES string of the molecule is COc1ccc(Cl)cc1N1CCC(NC(=O)NCc2ccc(F)cc2)C1. The Morgan fingerprint density at radius 2 is 2.08 bits per heavy atom. The summed E-state index contributed by atoms with van der Waals surface area (Å²) in [6.07, 6.45) is 0.833. The highest BCUT2D eigenvalue weighted by Gasteiger charge is 2.26. The van der Waals surface area contributed by atoms with Crippen molar-refractivity contribution < 1.29 is 13.9 Å². The molecule has 0 radical (unpaired) electrons. The molecule has 1 saturated heterocycles. The number of nitrogens with zero attached hydrogens (tertiary/aromatic N) is 1. The number of ether oxygens (including phenoxy) is 1. The average molecular weight is 378 g/mol. The van der Waals surface area contributed by atoms with E-state index in [0.717, 1.165) is 30.0 Å². The number of methoxy groups -OCH3 is 1. The predicted octanol–water partition coefficient (Wildman–Crippen LogP) is 3.57. The van der Waals surface area contributed by atoms with E-state index >= 15 is 0 Å². The lowest BCUT2D eigenvalue weighted by Crippen LogP contribution is -2.43. The number of benzene rings is 2. The van der Waals surface area contributed by atoms with Crippen LogP contribution < -0.4 is 20.3 Å². The number of urea groups is 1. The monoisotopic (exact) mass is 377 g/mol. The highest BCUT2D eigenvalue weighted by Crippen LogP contribution is 2.33. The minimum Gasteiger partial charge on any atom is -0.495 e. The fourth-order valence-electron chi connectivity index (χ4n) is 3.03. The molecule has 26 heavy (non-hydrogen) atoms. The second-order valence-corrected chi connectivity index (χ2v) is 6.64. The van der Waals surface area contributed by atoms with Gasteiger partial charge in [0.2, 0.25) is 0 Å². The van der Waals surface area contributed by atoms with Crippen LogP contribution >= 0.6 is 11.6 Å². The van der Waals surface area contributed by atoms with Crippen molar-refractivity contribution in [2.24, 2.45) is 0 Å². The number of halogens is 2. The standard InChI is InChI=1S/C19H21ClFN3O2/c1-26-18-7-4-14(20)10-17(18)24-9-8-16(12-24)23-19(25)22-11-13-2-5-15(21)6-3-13/h2-7,10,16H,8-9,11-12H2,1H3,(H2,22,23,25). The Hall–Kier alpha value is -2.47. The lowest BCUT2D eigenvalue weighted by atomic mass is 10.2. The number of amides is 2. The minimum absolute atomic E-state index is 0.0342. The van der Waals surface area contributed by atoms with Crippen molar-refractivity contribution >= 4 is 23.3 Å². The normalized spacial score (nSPS) is 16.4. The molecule has 0 saturated carbocycles. The van der Waals surface area contributed by atoms with Gasteiger partial charge in [0, 0.05) is 30.7 Å². The van der Waals surface area contributed by atoms with E-state index in [1.54, 1.807) is 25.3 Å². The minimum atomic E-state index is -0.291. The summed E-state index contributed by atoms with van der Waals surface area (Å²) in [5, 5.41) is 6.41. The van der Waals surface area contributed by atoms with Crippen LogP contribution in [0.5, 0.6) is 5.75 Å². The molecule has 1 fully saturated rings. The summed E-state index contributed by atoms with van der Waals surface area (Å²) in [6, 6.07) is 11.4. The number of carbonyl (C=O) groups excluding carboxylic acids is 1. The quantitative estimate of drug-likeness (QED) is 0.837. The summed E-state index contributed by atoms with van der Waals surface area (Å²) in [5.41, 5.74) is 1.77. The van der Waals surface area contributed by atoms with Crippen molar-refractivity contribution in [1.82, 2.24) is 10.6 Å². The maximum absolute atomic E-state index is 12.9. The first-order valence-corrected chi connectivity index (χ1v) is 8.80. The van der Waals surface area contributed by atoms with Gasteiger partial charge in [-0.1, -0.05) is 23.7 Å². The molecule has 2 amide bonds. The molecule has 0 aromatic heterocycles. The van der Waals surface area contributed by atoms with Gasteiger partial charge in [-0.2, -0.15) is 0 Å². The van der Waals surface area contributed by atoms with E-state index < -0.39 is 0 Å². The summed E-state index contributed by atoms with van der Waals surface area (Å²) < 4.78 is 18.3. The Bertz CT molecular complexity index is 770. The molecule has 2 aromatic carbocycles. The third-order valence-electron chi connectivity index (χ3n) is 4.37. The highest BCUT2D eigenvalue weighted by atomic mass is 35.5. The van der Waals surface area contributed by atoms with Crippen LogP contribution in [0.3, 0.4) is 0 Å². The van der Waals surface area contributed by atoms with Gasteiger partial charge in [0.1, 0.15) is 11.6 Å². The van der Waals surface area contributed by atoms with Crippen LogP contribution in [0.25, 0.3) is 0 Å². The molecule has 1 aliphatic heterocycles. The summed E-state index contributed by atoms with van der Waals surface area (Å²) in [7, 11) is 1.63. The molecular formula is C19H21ClFN3O2. The van der Waals surface area contributed by atoms with Gasteiger partial charge >= 0.3 is 6.03 Å². The molecule has 0 spiro atoms. The van der Waals surface area contributed by atoms with Crippen LogP contribution in [-0.4, -0.2) is 32.3 Å². The Labute approximate surface area is 157 Å². The zero-order valence-corrected chi connectivity index (χ0v) is 15.2. The summed E-state index contributed by atoms with van der Waals surface area (Å²) in [6.45, 7) is 1.84. The fourth-order valence-corrected chi connectivity index (χ4v) is 3.19. The van der Waals surface area contributed by atoms with E-state index in [9.17, 15) is 9.18 Å². The zero-order chi connectivity index (χ0) is 18.5. The third kappa shape index (κ3) is 4.58. The number of hydrogen-bond donors (Lipinski definition) is 2. The van der Waals surface area contributed by atoms with Gasteiger partial charge in [-0.3, -0.25) is 0 Å². The van der Waals surface area contributed by atoms with E-state index in [1.165, 1.54) is 12.1 Å². The van der Waals surface area contributed by atoms with E-state index in [4.69, 9.17) is 16.3 Å². The average Bonchev–Trinajstić information content (AvgIpc) is 3.09. The maximum Gasteiger partial charge on any atom is 0.315 e. The molecule has 1 aliphatic rings. The van der Waals surface area contributed by atoms with Gasteiger partial charge < -0.3 is 20.3 Å². The lowest BCUT2D eigenvalue weighted by Gasteiger charge is -2.22. The highest BCUT2D eigenvalue weighted by molar-refractivity contribution is 6.30. The van der Waals surface area contributed by atoms with E-state index in [2.05, 4.69) is 15.5 Å². The van der Waals surface area contributed by atoms with Crippen LogP contribution in [0, 0.1) is 5.82 Å². The van der Waals surface area contributed by atoms with Crippen LogP contribution in [0.15, 0.2) is 42.5 Å². The number of anilines is 1. The van der Waals surface area contributed by atoms with Gasteiger partial charge in [0.05, 0.1) is 12.8 Å².